The molecule has 1 atom stereocenters. The smallest absolute Gasteiger partial charge is 0.0574 e. The Morgan fingerprint density at radius 3 is 2.53 bits per heavy atom. The van der Waals surface area contributed by atoms with Gasteiger partial charge in [0.2, 0.25) is 0 Å². The summed E-state index contributed by atoms with van der Waals surface area (Å²) in [6.07, 6.45) is 3.03. The van der Waals surface area contributed by atoms with E-state index < -0.39 is 0 Å². The molecule has 0 aliphatic rings. The van der Waals surface area contributed by atoms with Gasteiger partial charge in [-0.2, -0.15) is 0 Å². The maximum atomic E-state index is 4.61. The molecule has 1 rings (SSSR count). The number of nitrogens with zero attached hydrogens (tertiary/aromatic N) is 2. The van der Waals surface area contributed by atoms with Gasteiger partial charge in [0.05, 0.1) is 17.6 Å². The summed E-state index contributed by atoms with van der Waals surface area (Å²) in [6.45, 7) is 15.3. The Balaban J connectivity index is 2.81. The third-order valence-corrected chi connectivity index (χ3v) is 3.19. The van der Waals surface area contributed by atoms with E-state index in [1.807, 2.05) is 6.20 Å². The average Bonchev–Trinajstić information content (AvgIpc) is 2.42. The minimum atomic E-state index is 0.357. The molecule has 1 N–H and O–H groups in total. The van der Waals surface area contributed by atoms with Crippen LogP contribution < -0.4 is 10.2 Å². The first-order chi connectivity index (χ1) is 9.12. The molecule has 3 nitrogen and oxygen atoms in total. The lowest BCUT2D eigenvalue weighted by atomic mass is 10.1. The normalized spacial score (nSPS) is 12.2. The summed E-state index contributed by atoms with van der Waals surface area (Å²) in [5.74, 6) is 0. The van der Waals surface area contributed by atoms with Gasteiger partial charge in [0.25, 0.3) is 0 Å². The molecule has 0 saturated heterocycles. The van der Waals surface area contributed by atoms with E-state index in [1.54, 1.807) is 0 Å². The standard InChI is InChI=1S/C16H27N3/c1-6-15(17-7-2)16-10-9-14(11-18-16)19(8-3)12-13(4)5/h9-11,15,17H,4,6-8,12H2,1-3,5H3. The van der Waals surface area contributed by atoms with Gasteiger partial charge in [-0.15, -0.1) is 0 Å². The maximum absolute atomic E-state index is 4.61. The summed E-state index contributed by atoms with van der Waals surface area (Å²) in [5, 5.41) is 3.45. The molecule has 3 heteroatoms. The molecule has 1 aromatic rings. The molecule has 0 bridgehead atoms. The van der Waals surface area contributed by atoms with Gasteiger partial charge in [-0.05, 0) is 38.9 Å². The zero-order valence-electron chi connectivity index (χ0n) is 12.7. The number of hydrogen-bond donors (Lipinski definition) is 1. The second kappa shape index (κ2) is 7.95. The molecule has 0 amide bonds. The Morgan fingerprint density at radius 2 is 2.11 bits per heavy atom. The van der Waals surface area contributed by atoms with Crippen LogP contribution in [-0.2, 0) is 0 Å². The molecular formula is C16H27N3. The lowest BCUT2D eigenvalue weighted by molar-refractivity contribution is 0.525. The first-order valence-electron chi connectivity index (χ1n) is 7.20. The number of aromatic nitrogens is 1. The summed E-state index contributed by atoms with van der Waals surface area (Å²) in [6, 6.07) is 4.65. The van der Waals surface area contributed by atoms with Crippen molar-refractivity contribution in [3.63, 3.8) is 0 Å². The van der Waals surface area contributed by atoms with E-state index in [4.69, 9.17) is 0 Å². The monoisotopic (exact) mass is 261 g/mol. The molecule has 0 saturated carbocycles. The lowest BCUT2D eigenvalue weighted by Crippen LogP contribution is -2.25. The van der Waals surface area contributed by atoms with Crippen LogP contribution in [-0.4, -0.2) is 24.6 Å². The number of likely N-dealkylation sites (N-methyl/N-ethyl adjacent to an activating group) is 1. The van der Waals surface area contributed by atoms with Crippen LogP contribution >= 0.6 is 0 Å². The minimum absolute atomic E-state index is 0.357. The highest BCUT2D eigenvalue weighted by Crippen LogP contribution is 2.19. The first-order valence-corrected chi connectivity index (χ1v) is 7.20. The van der Waals surface area contributed by atoms with Gasteiger partial charge in [-0.3, -0.25) is 4.98 Å². The summed E-state index contributed by atoms with van der Waals surface area (Å²) in [7, 11) is 0. The van der Waals surface area contributed by atoms with Gasteiger partial charge in [0, 0.05) is 19.1 Å². The Labute approximate surface area is 117 Å². The molecule has 106 valence electrons. The first kappa shape index (κ1) is 15.7. The lowest BCUT2D eigenvalue weighted by Gasteiger charge is -2.23. The fourth-order valence-electron chi connectivity index (χ4n) is 2.21. The number of anilines is 1. The van der Waals surface area contributed by atoms with Crippen LogP contribution in [0.5, 0.6) is 0 Å². The van der Waals surface area contributed by atoms with Gasteiger partial charge in [0.1, 0.15) is 0 Å². The van der Waals surface area contributed by atoms with Gasteiger partial charge >= 0.3 is 0 Å². The molecule has 0 spiro atoms. The zero-order chi connectivity index (χ0) is 14.3. The van der Waals surface area contributed by atoms with Crippen LogP contribution in [0.4, 0.5) is 5.69 Å². The predicted octanol–water partition coefficient (Wildman–Crippen LogP) is 3.54. The molecule has 0 aliphatic carbocycles. The second-order valence-electron chi connectivity index (χ2n) is 4.93. The van der Waals surface area contributed by atoms with Gasteiger partial charge in [0.15, 0.2) is 0 Å². The SMILES string of the molecule is C=C(C)CN(CC)c1ccc(C(CC)NCC)nc1. The zero-order valence-corrected chi connectivity index (χ0v) is 12.7. The van der Waals surface area contributed by atoms with Crippen LogP contribution in [0.1, 0.15) is 45.9 Å². The molecule has 0 radical (unpaired) electrons. The molecule has 19 heavy (non-hydrogen) atoms. The molecule has 1 unspecified atom stereocenters. The van der Waals surface area contributed by atoms with Crippen molar-refractivity contribution >= 4 is 5.69 Å². The molecule has 0 fully saturated rings. The van der Waals surface area contributed by atoms with Gasteiger partial charge in [-0.25, -0.2) is 0 Å². The van der Waals surface area contributed by atoms with Crippen molar-refractivity contribution in [3.8, 4) is 0 Å². The quantitative estimate of drug-likeness (QED) is 0.725. The number of pyridine rings is 1. The fraction of sp³-hybridized carbons (Fsp3) is 0.562. The van der Waals surface area contributed by atoms with Crippen molar-refractivity contribution in [3.05, 3.63) is 36.2 Å². The van der Waals surface area contributed by atoms with E-state index in [-0.39, 0.29) is 0 Å². The van der Waals surface area contributed by atoms with Crippen molar-refractivity contribution in [2.24, 2.45) is 0 Å². The van der Waals surface area contributed by atoms with Crippen molar-refractivity contribution in [2.75, 3.05) is 24.5 Å². The topological polar surface area (TPSA) is 28.2 Å². The maximum Gasteiger partial charge on any atom is 0.0574 e. The fourth-order valence-corrected chi connectivity index (χ4v) is 2.21. The van der Waals surface area contributed by atoms with Crippen molar-refractivity contribution < 1.29 is 0 Å². The van der Waals surface area contributed by atoms with Crippen LogP contribution in [0.25, 0.3) is 0 Å². The van der Waals surface area contributed by atoms with E-state index in [1.165, 1.54) is 11.3 Å². The molecule has 1 aromatic heterocycles. The number of hydrogen-bond acceptors (Lipinski definition) is 3. The van der Waals surface area contributed by atoms with E-state index >= 15 is 0 Å². The van der Waals surface area contributed by atoms with E-state index in [0.29, 0.717) is 6.04 Å². The van der Waals surface area contributed by atoms with Crippen LogP contribution in [0.3, 0.4) is 0 Å². The third-order valence-electron chi connectivity index (χ3n) is 3.19. The van der Waals surface area contributed by atoms with Gasteiger partial charge in [-0.1, -0.05) is 26.0 Å². The summed E-state index contributed by atoms with van der Waals surface area (Å²) in [5.41, 5.74) is 3.46. The Kier molecular flexibility index (Phi) is 6.57. The predicted molar refractivity (Wildman–Crippen MR) is 83.6 cm³/mol. The van der Waals surface area contributed by atoms with Crippen LogP contribution in [0.15, 0.2) is 30.5 Å². The third kappa shape index (κ3) is 4.67. The molecule has 1 heterocycles. The Morgan fingerprint density at radius 1 is 1.37 bits per heavy atom. The summed E-state index contributed by atoms with van der Waals surface area (Å²) in [4.78, 5) is 6.90. The summed E-state index contributed by atoms with van der Waals surface area (Å²) < 4.78 is 0. The van der Waals surface area contributed by atoms with Crippen molar-refractivity contribution in [1.82, 2.24) is 10.3 Å². The van der Waals surface area contributed by atoms with E-state index in [2.05, 4.69) is 61.6 Å². The molecule has 0 aliphatic heterocycles. The largest absolute Gasteiger partial charge is 0.367 e. The van der Waals surface area contributed by atoms with Crippen molar-refractivity contribution in [2.45, 2.75) is 40.2 Å². The summed E-state index contributed by atoms with van der Waals surface area (Å²) >= 11 is 0. The second-order valence-corrected chi connectivity index (χ2v) is 4.93. The van der Waals surface area contributed by atoms with Gasteiger partial charge < -0.3 is 10.2 Å². The minimum Gasteiger partial charge on any atom is -0.367 e. The Bertz CT molecular complexity index is 383. The highest BCUT2D eigenvalue weighted by Gasteiger charge is 2.10. The molecular weight excluding hydrogens is 234 g/mol. The molecule has 0 aromatic carbocycles. The van der Waals surface area contributed by atoms with E-state index in [0.717, 1.165) is 31.7 Å². The highest BCUT2D eigenvalue weighted by molar-refractivity contribution is 5.45. The van der Waals surface area contributed by atoms with E-state index in [9.17, 15) is 0 Å². The average molecular weight is 261 g/mol. The van der Waals surface area contributed by atoms with Crippen molar-refractivity contribution in [1.29, 1.82) is 0 Å². The van der Waals surface area contributed by atoms with Crippen LogP contribution in [0.2, 0.25) is 0 Å². The van der Waals surface area contributed by atoms with Crippen LogP contribution in [0, 0.1) is 0 Å². The number of rotatable bonds is 8. The number of nitrogens with one attached hydrogen (secondary N) is 1. The Hall–Kier alpha value is -1.35. The highest BCUT2D eigenvalue weighted by atomic mass is 15.1.